The summed E-state index contributed by atoms with van der Waals surface area (Å²) in [6.45, 7) is 9.48. The number of hydrogen-bond donors (Lipinski definition) is 0. The van der Waals surface area contributed by atoms with E-state index in [0.717, 1.165) is 22.7 Å². The highest BCUT2D eigenvalue weighted by molar-refractivity contribution is 7.26. The Morgan fingerprint density at radius 2 is 0.825 bits per heavy atom. The molecule has 0 bridgehead atoms. The van der Waals surface area contributed by atoms with Crippen LogP contribution in [0.2, 0.25) is 0 Å². The van der Waals surface area contributed by atoms with Gasteiger partial charge in [0.25, 0.3) is 0 Å². The van der Waals surface area contributed by atoms with E-state index < -0.39 is 0 Å². The maximum absolute atomic E-state index is 2.58. The average Bonchev–Trinajstić information content (AvgIpc) is 3.83. The Balaban J connectivity index is 1.24. The van der Waals surface area contributed by atoms with E-state index in [0.29, 0.717) is 0 Å². The fourth-order valence-corrected chi connectivity index (χ4v) is 11.1. The first-order chi connectivity index (χ1) is 27.8. The van der Waals surface area contributed by atoms with Gasteiger partial charge in [-0.05, 0) is 106 Å². The van der Waals surface area contributed by atoms with Crippen LogP contribution in [0.3, 0.4) is 0 Å². The van der Waals surface area contributed by atoms with Crippen molar-refractivity contribution in [3.63, 3.8) is 0 Å². The molecule has 2 nitrogen and oxygen atoms in total. The summed E-state index contributed by atoms with van der Waals surface area (Å²) in [7, 11) is 0. The fourth-order valence-electron chi connectivity index (χ4n) is 9.96. The van der Waals surface area contributed by atoms with Crippen molar-refractivity contribution in [2.45, 2.75) is 38.5 Å². The quantitative estimate of drug-likeness (QED) is 0.167. The van der Waals surface area contributed by atoms with Gasteiger partial charge in [0.05, 0.1) is 17.1 Å². The van der Waals surface area contributed by atoms with E-state index >= 15 is 0 Å². The van der Waals surface area contributed by atoms with E-state index in [4.69, 9.17) is 0 Å². The largest absolute Gasteiger partial charge is 0.310 e. The number of anilines is 6. The van der Waals surface area contributed by atoms with Gasteiger partial charge in [0.2, 0.25) is 0 Å². The molecule has 274 valence electrons. The van der Waals surface area contributed by atoms with Gasteiger partial charge in [-0.1, -0.05) is 143 Å². The minimum absolute atomic E-state index is 0.0803. The predicted octanol–water partition coefficient (Wildman–Crippen LogP) is 15.6. The SMILES string of the molecule is CC1(C)c2ccccc2-c2cc(N(c3cccc4c3-c3ccccc3C4(C)C)c3cccc4sc5cccc(N(c6ccccc6)c6ccccc6)c5c34)ccc21. The predicted molar refractivity (Wildman–Crippen MR) is 244 cm³/mol. The Kier molecular flexibility index (Phi) is 7.46. The molecule has 0 aliphatic heterocycles. The van der Waals surface area contributed by atoms with Crippen LogP contribution in [0, 0.1) is 0 Å². The second-order valence-corrected chi connectivity index (χ2v) is 17.6. The Morgan fingerprint density at radius 3 is 1.47 bits per heavy atom. The number of para-hydroxylation sites is 2. The lowest BCUT2D eigenvalue weighted by Crippen LogP contribution is -2.17. The summed E-state index contributed by atoms with van der Waals surface area (Å²) in [6, 6.07) is 67.4. The maximum atomic E-state index is 2.58. The zero-order chi connectivity index (χ0) is 38.5. The highest BCUT2D eigenvalue weighted by Gasteiger charge is 2.39. The number of thiophene rings is 1. The Morgan fingerprint density at radius 1 is 0.351 bits per heavy atom. The molecule has 3 heteroatoms. The molecule has 0 fully saturated rings. The van der Waals surface area contributed by atoms with E-state index in [1.807, 2.05) is 11.3 Å². The van der Waals surface area contributed by atoms with Crippen molar-refractivity contribution in [3.8, 4) is 22.3 Å². The van der Waals surface area contributed by atoms with E-state index in [2.05, 4.69) is 219 Å². The molecule has 8 aromatic carbocycles. The zero-order valence-electron chi connectivity index (χ0n) is 32.6. The number of hydrogen-bond acceptors (Lipinski definition) is 3. The van der Waals surface area contributed by atoms with Gasteiger partial charge in [-0.15, -0.1) is 11.3 Å². The van der Waals surface area contributed by atoms with Gasteiger partial charge in [0, 0.05) is 53.6 Å². The minimum atomic E-state index is -0.130. The minimum Gasteiger partial charge on any atom is -0.310 e. The number of fused-ring (bicyclic) bond motifs is 9. The van der Waals surface area contributed by atoms with Gasteiger partial charge < -0.3 is 9.80 Å². The van der Waals surface area contributed by atoms with Gasteiger partial charge >= 0.3 is 0 Å². The van der Waals surface area contributed by atoms with E-state index in [-0.39, 0.29) is 10.8 Å². The summed E-state index contributed by atoms with van der Waals surface area (Å²) in [6.07, 6.45) is 0. The summed E-state index contributed by atoms with van der Waals surface area (Å²) in [5, 5.41) is 2.51. The van der Waals surface area contributed by atoms with Crippen LogP contribution in [-0.4, -0.2) is 0 Å². The van der Waals surface area contributed by atoms with Gasteiger partial charge in [-0.2, -0.15) is 0 Å². The molecule has 57 heavy (non-hydrogen) atoms. The van der Waals surface area contributed by atoms with Gasteiger partial charge in [-0.25, -0.2) is 0 Å². The van der Waals surface area contributed by atoms with Crippen LogP contribution in [0.15, 0.2) is 182 Å². The Labute approximate surface area is 338 Å². The van der Waals surface area contributed by atoms with Crippen molar-refractivity contribution in [3.05, 3.63) is 204 Å². The highest BCUT2D eigenvalue weighted by atomic mass is 32.1. The summed E-state index contributed by atoms with van der Waals surface area (Å²) < 4.78 is 2.53. The molecule has 1 aromatic heterocycles. The van der Waals surface area contributed by atoms with Crippen LogP contribution >= 0.6 is 11.3 Å². The average molecular weight is 751 g/mol. The lowest BCUT2D eigenvalue weighted by atomic mass is 9.82. The first kappa shape index (κ1) is 33.9. The Hall–Kier alpha value is -6.42. The molecule has 9 aromatic rings. The van der Waals surface area contributed by atoms with Crippen LogP contribution < -0.4 is 9.80 Å². The summed E-state index contributed by atoms with van der Waals surface area (Å²) >= 11 is 1.88. The highest BCUT2D eigenvalue weighted by Crippen LogP contribution is 2.57. The van der Waals surface area contributed by atoms with Crippen LogP contribution in [0.25, 0.3) is 42.4 Å². The zero-order valence-corrected chi connectivity index (χ0v) is 33.4. The number of rotatable bonds is 6. The van der Waals surface area contributed by atoms with E-state index in [1.54, 1.807) is 0 Å². The standard InChI is InChI=1S/C54H42N2S/c1-53(2)41-24-13-11-22-38(41)40-34-37(32-33-43(40)53)56(45-27-15-26-44-50(45)39-23-12-14-25-42(39)54(44,3)4)47-29-17-31-49-52(47)51-46(28-16-30-48(51)57-49)55(35-18-7-5-8-19-35)36-20-9-6-10-21-36/h5-34H,1-4H3. The van der Waals surface area contributed by atoms with Crippen LogP contribution in [0.5, 0.6) is 0 Å². The van der Waals surface area contributed by atoms with Gasteiger partial charge in [-0.3, -0.25) is 0 Å². The molecular formula is C54H42N2S. The molecule has 0 N–H and O–H groups in total. The molecule has 1 heterocycles. The monoisotopic (exact) mass is 750 g/mol. The lowest BCUT2D eigenvalue weighted by Gasteiger charge is -2.31. The molecule has 2 aliphatic rings. The lowest BCUT2D eigenvalue weighted by molar-refractivity contribution is 0.660. The molecule has 11 rings (SSSR count). The molecule has 0 saturated heterocycles. The van der Waals surface area contributed by atoms with Gasteiger partial charge in [0.15, 0.2) is 0 Å². The van der Waals surface area contributed by atoms with E-state index in [1.165, 1.54) is 76.1 Å². The molecule has 0 radical (unpaired) electrons. The summed E-state index contributed by atoms with van der Waals surface area (Å²) in [5.74, 6) is 0. The second-order valence-electron chi connectivity index (χ2n) is 16.5. The van der Waals surface area contributed by atoms with Crippen LogP contribution in [-0.2, 0) is 10.8 Å². The third-order valence-corrected chi connectivity index (χ3v) is 13.8. The molecule has 0 atom stereocenters. The van der Waals surface area contributed by atoms with Crippen LogP contribution in [0.4, 0.5) is 34.1 Å². The molecule has 0 amide bonds. The third-order valence-electron chi connectivity index (χ3n) is 12.6. The summed E-state index contributed by atoms with van der Waals surface area (Å²) in [5.41, 5.74) is 17.5. The smallest absolute Gasteiger partial charge is 0.0555 e. The molecule has 0 unspecified atom stereocenters. The maximum Gasteiger partial charge on any atom is 0.0555 e. The van der Waals surface area contributed by atoms with Crippen LogP contribution in [0.1, 0.15) is 49.9 Å². The first-order valence-electron chi connectivity index (χ1n) is 19.9. The van der Waals surface area contributed by atoms with Gasteiger partial charge in [0.1, 0.15) is 0 Å². The molecule has 0 spiro atoms. The molecular weight excluding hydrogens is 709 g/mol. The molecule has 0 saturated carbocycles. The second kappa shape index (κ2) is 12.5. The topological polar surface area (TPSA) is 6.48 Å². The number of benzene rings is 8. The number of nitrogens with zero attached hydrogens (tertiary/aromatic N) is 2. The first-order valence-corrected chi connectivity index (χ1v) is 20.8. The van der Waals surface area contributed by atoms with Crippen molar-refractivity contribution < 1.29 is 0 Å². The normalized spacial score (nSPS) is 14.2. The Bertz CT molecular complexity index is 2990. The summed E-state index contributed by atoms with van der Waals surface area (Å²) in [4.78, 5) is 4.99. The van der Waals surface area contributed by atoms with Crippen molar-refractivity contribution in [2.75, 3.05) is 9.80 Å². The molecule has 2 aliphatic carbocycles. The van der Waals surface area contributed by atoms with E-state index in [9.17, 15) is 0 Å². The van der Waals surface area contributed by atoms with Crippen molar-refractivity contribution in [2.24, 2.45) is 0 Å². The van der Waals surface area contributed by atoms with Crippen molar-refractivity contribution in [1.29, 1.82) is 0 Å². The van der Waals surface area contributed by atoms with Crippen molar-refractivity contribution >= 4 is 65.6 Å². The fraction of sp³-hybridized carbons (Fsp3) is 0.111. The third kappa shape index (κ3) is 4.95. The van der Waals surface area contributed by atoms with Crippen molar-refractivity contribution in [1.82, 2.24) is 0 Å².